The van der Waals surface area contributed by atoms with Crippen molar-refractivity contribution < 1.29 is 12.8 Å². The maximum atomic E-state index is 13.6. The minimum absolute atomic E-state index is 0.0593. The number of hydrogen-bond donors (Lipinski definition) is 2. The first-order valence-electron chi connectivity index (χ1n) is 5.37. The van der Waals surface area contributed by atoms with E-state index in [0.29, 0.717) is 0 Å². The first kappa shape index (κ1) is 13.8. The molecule has 0 bridgehead atoms. The number of para-hydroxylation sites is 1. The summed E-state index contributed by atoms with van der Waals surface area (Å²) in [6.45, 7) is 0. The Hall–Kier alpha value is -2.66. The highest BCUT2D eigenvalue weighted by atomic mass is 32.2. The second kappa shape index (κ2) is 5.14. The third-order valence-corrected chi connectivity index (χ3v) is 3.83. The quantitative estimate of drug-likeness (QED) is 0.833. The van der Waals surface area contributed by atoms with Crippen molar-refractivity contribution >= 4 is 21.4 Å². The third kappa shape index (κ3) is 2.53. The molecule has 0 atom stereocenters. The number of halogens is 1. The third-order valence-electron chi connectivity index (χ3n) is 2.45. The van der Waals surface area contributed by atoms with E-state index in [1.807, 2.05) is 4.72 Å². The summed E-state index contributed by atoms with van der Waals surface area (Å²) in [5, 5.41) is 8.85. The van der Waals surface area contributed by atoms with Gasteiger partial charge in [-0.1, -0.05) is 6.07 Å². The van der Waals surface area contributed by atoms with Crippen molar-refractivity contribution in [1.82, 2.24) is 4.98 Å². The van der Waals surface area contributed by atoms with Gasteiger partial charge in [-0.25, -0.2) is 17.8 Å². The van der Waals surface area contributed by atoms with Gasteiger partial charge in [0.1, 0.15) is 22.5 Å². The van der Waals surface area contributed by atoms with Crippen molar-refractivity contribution in [2.75, 3.05) is 10.5 Å². The van der Waals surface area contributed by atoms with Gasteiger partial charge in [-0.3, -0.25) is 4.72 Å². The van der Waals surface area contributed by atoms with Crippen LogP contribution in [0, 0.1) is 17.1 Å². The van der Waals surface area contributed by atoms with E-state index >= 15 is 0 Å². The average molecular weight is 292 g/mol. The average Bonchev–Trinajstić information content (AvgIpc) is 2.43. The number of pyridine rings is 1. The molecule has 0 fully saturated rings. The first-order valence-corrected chi connectivity index (χ1v) is 6.86. The zero-order valence-corrected chi connectivity index (χ0v) is 10.9. The molecular weight excluding hydrogens is 283 g/mol. The molecule has 0 saturated heterocycles. The van der Waals surface area contributed by atoms with Crippen LogP contribution in [0.1, 0.15) is 5.69 Å². The van der Waals surface area contributed by atoms with Gasteiger partial charge >= 0.3 is 0 Å². The fourth-order valence-corrected chi connectivity index (χ4v) is 2.73. The number of nitriles is 1. The molecule has 0 amide bonds. The Kier molecular flexibility index (Phi) is 3.54. The molecule has 0 saturated carbocycles. The number of anilines is 2. The van der Waals surface area contributed by atoms with Crippen LogP contribution >= 0.6 is 0 Å². The van der Waals surface area contributed by atoms with Crippen LogP contribution in [0.15, 0.2) is 41.4 Å². The molecule has 0 aliphatic heterocycles. The fourth-order valence-electron chi connectivity index (χ4n) is 1.53. The monoisotopic (exact) mass is 292 g/mol. The fraction of sp³-hybridized carbons (Fsp3) is 0. The topological polar surface area (TPSA) is 109 Å². The van der Waals surface area contributed by atoms with Crippen LogP contribution in [0.2, 0.25) is 0 Å². The van der Waals surface area contributed by atoms with E-state index < -0.39 is 15.8 Å². The van der Waals surface area contributed by atoms with E-state index in [4.69, 9.17) is 11.0 Å². The number of rotatable bonds is 3. The summed E-state index contributed by atoms with van der Waals surface area (Å²) in [5.41, 5.74) is 4.83. The van der Waals surface area contributed by atoms with Crippen molar-refractivity contribution in [3.05, 3.63) is 48.0 Å². The largest absolute Gasteiger partial charge is 0.397 e. The molecule has 1 aromatic carbocycles. The number of nitrogens with one attached hydrogen (secondary N) is 1. The predicted octanol–water partition coefficient (Wildman–Crippen LogP) is 1.48. The van der Waals surface area contributed by atoms with Gasteiger partial charge < -0.3 is 5.73 Å². The number of nitrogen functional groups attached to an aromatic ring is 1. The molecule has 0 radical (unpaired) electrons. The Morgan fingerprint density at radius 1 is 1.30 bits per heavy atom. The SMILES string of the molecule is N#Cc1ncccc1S(=O)(=O)Nc1c(N)cccc1F. The molecular formula is C12H9FN4O2S. The first-order chi connectivity index (χ1) is 9.45. The Labute approximate surface area is 114 Å². The molecule has 8 heteroatoms. The minimum atomic E-state index is -4.16. The van der Waals surface area contributed by atoms with Gasteiger partial charge in [0.05, 0.1) is 5.69 Å². The van der Waals surface area contributed by atoms with Crippen LogP contribution in [0.4, 0.5) is 15.8 Å². The van der Waals surface area contributed by atoms with Crippen LogP contribution in [0.5, 0.6) is 0 Å². The highest BCUT2D eigenvalue weighted by molar-refractivity contribution is 7.92. The Balaban J connectivity index is 2.50. The van der Waals surface area contributed by atoms with E-state index in [1.54, 1.807) is 6.07 Å². The molecule has 102 valence electrons. The minimum Gasteiger partial charge on any atom is -0.397 e. The van der Waals surface area contributed by atoms with Crippen molar-refractivity contribution in [2.45, 2.75) is 4.90 Å². The Morgan fingerprint density at radius 2 is 2.05 bits per heavy atom. The van der Waals surface area contributed by atoms with Gasteiger partial charge in [0, 0.05) is 6.20 Å². The molecule has 2 aromatic rings. The summed E-state index contributed by atoms with van der Waals surface area (Å²) >= 11 is 0. The molecule has 1 heterocycles. The van der Waals surface area contributed by atoms with E-state index in [-0.39, 0.29) is 22.0 Å². The normalized spacial score (nSPS) is 10.8. The zero-order valence-electron chi connectivity index (χ0n) is 10.0. The highest BCUT2D eigenvalue weighted by Crippen LogP contribution is 2.25. The van der Waals surface area contributed by atoms with Gasteiger partial charge in [0.25, 0.3) is 10.0 Å². The lowest BCUT2D eigenvalue weighted by molar-refractivity contribution is 0.598. The Bertz CT molecular complexity index is 779. The number of hydrogen-bond acceptors (Lipinski definition) is 5. The molecule has 2 rings (SSSR count). The summed E-state index contributed by atoms with van der Waals surface area (Å²) in [6.07, 6.45) is 1.29. The van der Waals surface area contributed by atoms with Gasteiger partial charge in [-0.05, 0) is 24.3 Å². The lowest BCUT2D eigenvalue weighted by Gasteiger charge is -2.11. The number of benzene rings is 1. The van der Waals surface area contributed by atoms with Crippen molar-refractivity contribution in [3.63, 3.8) is 0 Å². The second-order valence-electron chi connectivity index (χ2n) is 3.77. The predicted molar refractivity (Wildman–Crippen MR) is 70.6 cm³/mol. The van der Waals surface area contributed by atoms with Crippen LogP contribution < -0.4 is 10.5 Å². The number of nitrogens with zero attached hydrogens (tertiary/aromatic N) is 2. The summed E-state index contributed by atoms with van der Waals surface area (Å²) < 4.78 is 39.9. The van der Waals surface area contributed by atoms with Gasteiger partial charge in [0.15, 0.2) is 5.69 Å². The maximum Gasteiger partial charge on any atom is 0.264 e. The molecule has 0 unspecified atom stereocenters. The molecule has 0 aliphatic rings. The van der Waals surface area contributed by atoms with Crippen LogP contribution in [-0.4, -0.2) is 13.4 Å². The smallest absolute Gasteiger partial charge is 0.264 e. The summed E-state index contributed by atoms with van der Waals surface area (Å²) in [4.78, 5) is 3.30. The van der Waals surface area contributed by atoms with Crippen molar-refractivity contribution in [3.8, 4) is 6.07 Å². The molecule has 1 aromatic heterocycles. The molecule has 3 N–H and O–H groups in total. The van der Waals surface area contributed by atoms with E-state index in [1.165, 1.54) is 30.5 Å². The lowest BCUT2D eigenvalue weighted by atomic mass is 10.3. The lowest BCUT2D eigenvalue weighted by Crippen LogP contribution is -2.17. The standard InChI is InChI=1S/C12H9FN4O2S/c13-8-3-1-4-9(15)12(8)17-20(18,19)11-5-2-6-16-10(11)7-14/h1-6,17H,15H2. The van der Waals surface area contributed by atoms with Crippen molar-refractivity contribution in [2.24, 2.45) is 0 Å². The maximum absolute atomic E-state index is 13.6. The highest BCUT2D eigenvalue weighted by Gasteiger charge is 2.21. The van der Waals surface area contributed by atoms with Crippen LogP contribution in [0.3, 0.4) is 0 Å². The second-order valence-corrected chi connectivity index (χ2v) is 5.42. The molecule has 0 aliphatic carbocycles. The van der Waals surface area contributed by atoms with Crippen LogP contribution in [0.25, 0.3) is 0 Å². The summed E-state index contributed by atoms with van der Waals surface area (Å²) in [7, 11) is -4.16. The number of sulfonamides is 1. The van der Waals surface area contributed by atoms with E-state index in [9.17, 15) is 12.8 Å². The number of aromatic nitrogens is 1. The van der Waals surface area contributed by atoms with E-state index in [0.717, 1.165) is 6.07 Å². The van der Waals surface area contributed by atoms with Gasteiger partial charge in [0.2, 0.25) is 0 Å². The molecule has 6 nitrogen and oxygen atoms in total. The van der Waals surface area contributed by atoms with Crippen molar-refractivity contribution in [1.29, 1.82) is 5.26 Å². The molecule has 20 heavy (non-hydrogen) atoms. The van der Waals surface area contributed by atoms with Gasteiger partial charge in [-0.2, -0.15) is 5.26 Å². The molecule has 0 spiro atoms. The zero-order chi connectivity index (χ0) is 14.8. The van der Waals surface area contributed by atoms with E-state index in [2.05, 4.69) is 4.98 Å². The number of nitrogens with two attached hydrogens (primary N) is 1. The Morgan fingerprint density at radius 3 is 2.70 bits per heavy atom. The van der Waals surface area contributed by atoms with Gasteiger partial charge in [-0.15, -0.1) is 0 Å². The summed E-state index contributed by atoms with van der Waals surface area (Å²) in [5.74, 6) is -0.809. The summed E-state index contributed by atoms with van der Waals surface area (Å²) in [6, 6.07) is 8.00. The van der Waals surface area contributed by atoms with Crippen LogP contribution in [-0.2, 0) is 10.0 Å².